The molecule has 0 saturated heterocycles. The molecule has 3 rings (SSSR count). The van der Waals surface area contributed by atoms with Gasteiger partial charge >= 0.3 is 0 Å². The number of carbonyl (C=O) groups is 2. The molecule has 0 spiro atoms. The van der Waals surface area contributed by atoms with E-state index in [1.807, 2.05) is 6.92 Å². The van der Waals surface area contributed by atoms with Crippen LogP contribution in [-0.4, -0.2) is 18.4 Å². The van der Waals surface area contributed by atoms with E-state index < -0.39 is 0 Å². The van der Waals surface area contributed by atoms with Gasteiger partial charge < -0.3 is 10.2 Å². The number of nitrogens with zero attached hydrogens (tertiary/aromatic N) is 1. The largest absolute Gasteiger partial charge is 0.348 e. The van der Waals surface area contributed by atoms with Gasteiger partial charge in [-0.25, -0.2) is 4.39 Å². The highest BCUT2D eigenvalue weighted by Crippen LogP contribution is 2.33. The molecule has 134 valence electrons. The quantitative estimate of drug-likeness (QED) is 0.856. The average Bonchev–Trinajstić information content (AvgIpc) is 2.68. The Morgan fingerprint density at radius 3 is 2.65 bits per heavy atom. The van der Waals surface area contributed by atoms with Gasteiger partial charge in [0.05, 0.1) is 5.69 Å². The van der Waals surface area contributed by atoms with E-state index in [-0.39, 0.29) is 17.6 Å². The van der Waals surface area contributed by atoms with Crippen molar-refractivity contribution in [3.8, 4) is 0 Å². The summed E-state index contributed by atoms with van der Waals surface area (Å²) in [4.78, 5) is 25.9. The highest BCUT2D eigenvalue weighted by Gasteiger charge is 2.27. The van der Waals surface area contributed by atoms with Gasteiger partial charge in [-0.15, -0.1) is 0 Å². The topological polar surface area (TPSA) is 49.4 Å². The molecule has 0 fully saturated rings. The predicted molar refractivity (Wildman–Crippen MR) is 99.6 cm³/mol. The van der Waals surface area contributed by atoms with E-state index in [1.54, 1.807) is 35.2 Å². The van der Waals surface area contributed by atoms with E-state index in [2.05, 4.69) is 11.9 Å². The van der Waals surface area contributed by atoms with Gasteiger partial charge in [-0.05, 0) is 55.2 Å². The molecule has 0 bridgehead atoms. The fourth-order valence-electron chi connectivity index (χ4n) is 3.25. The number of hydrogen-bond acceptors (Lipinski definition) is 2. The molecule has 5 heteroatoms. The second-order valence-corrected chi connectivity index (χ2v) is 6.37. The SMILES string of the molecule is C=CC(=O)NCc1ccc(C(=O)N2CCCc3c(F)ccc(C)c32)cc1. The zero-order chi connectivity index (χ0) is 18.7. The minimum absolute atomic E-state index is 0.138. The number of benzene rings is 2. The molecule has 1 heterocycles. The van der Waals surface area contributed by atoms with Gasteiger partial charge in [0, 0.05) is 24.2 Å². The van der Waals surface area contributed by atoms with Crippen molar-refractivity contribution in [1.82, 2.24) is 5.32 Å². The Balaban J connectivity index is 1.82. The first-order valence-electron chi connectivity index (χ1n) is 8.60. The highest BCUT2D eigenvalue weighted by atomic mass is 19.1. The molecule has 0 aromatic heterocycles. The first-order valence-corrected chi connectivity index (χ1v) is 8.60. The summed E-state index contributed by atoms with van der Waals surface area (Å²) >= 11 is 0. The summed E-state index contributed by atoms with van der Waals surface area (Å²) in [5.41, 5.74) is 3.65. The van der Waals surface area contributed by atoms with Crippen LogP contribution in [0.2, 0.25) is 0 Å². The van der Waals surface area contributed by atoms with Gasteiger partial charge in [-0.1, -0.05) is 24.8 Å². The molecule has 0 aliphatic carbocycles. The maximum atomic E-state index is 14.1. The standard InChI is InChI=1S/C21H21FN2O2/c1-3-19(25)23-13-15-7-9-16(10-8-15)21(26)24-12-4-5-17-18(22)11-6-14(2)20(17)24/h3,6-11H,1,4-5,12-13H2,2H3,(H,23,25). The minimum atomic E-state index is -0.253. The summed E-state index contributed by atoms with van der Waals surface area (Å²) in [5, 5.41) is 2.69. The van der Waals surface area contributed by atoms with Crippen molar-refractivity contribution < 1.29 is 14.0 Å². The van der Waals surface area contributed by atoms with Crippen LogP contribution in [0.1, 0.15) is 33.5 Å². The molecule has 4 nitrogen and oxygen atoms in total. The van der Waals surface area contributed by atoms with Crippen molar-refractivity contribution in [2.75, 3.05) is 11.4 Å². The van der Waals surface area contributed by atoms with Crippen molar-refractivity contribution in [3.05, 3.63) is 77.1 Å². The van der Waals surface area contributed by atoms with Crippen molar-refractivity contribution >= 4 is 17.5 Å². The van der Waals surface area contributed by atoms with E-state index in [1.165, 1.54) is 12.1 Å². The number of carbonyl (C=O) groups excluding carboxylic acids is 2. The molecule has 2 aromatic rings. The summed E-state index contributed by atoms with van der Waals surface area (Å²) in [6.45, 7) is 6.25. The van der Waals surface area contributed by atoms with Crippen LogP contribution in [0.3, 0.4) is 0 Å². The van der Waals surface area contributed by atoms with E-state index in [0.717, 1.165) is 17.5 Å². The number of halogens is 1. The van der Waals surface area contributed by atoms with Crippen LogP contribution in [0.25, 0.3) is 0 Å². The number of anilines is 1. The van der Waals surface area contributed by atoms with E-state index in [9.17, 15) is 14.0 Å². The predicted octanol–water partition coefficient (Wildman–Crippen LogP) is 3.53. The van der Waals surface area contributed by atoms with Gasteiger partial charge in [-0.3, -0.25) is 9.59 Å². The lowest BCUT2D eigenvalue weighted by molar-refractivity contribution is -0.116. The van der Waals surface area contributed by atoms with Crippen LogP contribution in [0.5, 0.6) is 0 Å². The third kappa shape index (κ3) is 3.52. The van der Waals surface area contributed by atoms with Gasteiger partial charge in [0.2, 0.25) is 5.91 Å². The second kappa shape index (κ2) is 7.52. The first kappa shape index (κ1) is 17.9. The Bertz CT molecular complexity index is 859. The first-order chi connectivity index (χ1) is 12.5. The average molecular weight is 352 g/mol. The molecule has 2 amide bonds. The maximum absolute atomic E-state index is 14.1. The Morgan fingerprint density at radius 2 is 1.96 bits per heavy atom. The van der Waals surface area contributed by atoms with Crippen molar-refractivity contribution in [3.63, 3.8) is 0 Å². The van der Waals surface area contributed by atoms with E-state index >= 15 is 0 Å². The maximum Gasteiger partial charge on any atom is 0.258 e. The van der Waals surface area contributed by atoms with Crippen LogP contribution in [-0.2, 0) is 17.8 Å². The van der Waals surface area contributed by atoms with Gasteiger partial charge in [-0.2, -0.15) is 0 Å². The molecule has 0 unspecified atom stereocenters. The molecule has 0 radical (unpaired) electrons. The Kier molecular flexibility index (Phi) is 5.16. The van der Waals surface area contributed by atoms with Crippen LogP contribution in [0.4, 0.5) is 10.1 Å². The molecule has 1 aliphatic rings. The van der Waals surface area contributed by atoms with Crippen molar-refractivity contribution in [2.45, 2.75) is 26.3 Å². The lowest BCUT2D eigenvalue weighted by atomic mass is 9.96. The summed E-state index contributed by atoms with van der Waals surface area (Å²) < 4.78 is 14.1. The van der Waals surface area contributed by atoms with Crippen LogP contribution >= 0.6 is 0 Å². The minimum Gasteiger partial charge on any atom is -0.348 e. The molecule has 0 saturated carbocycles. The molecule has 26 heavy (non-hydrogen) atoms. The summed E-state index contributed by atoms with van der Waals surface area (Å²) in [6, 6.07) is 10.3. The number of fused-ring (bicyclic) bond motifs is 1. The zero-order valence-electron chi connectivity index (χ0n) is 14.7. The van der Waals surface area contributed by atoms with Gasteiger partial charge in [0.25, 0.3) is 5.91 Å². The zero-order valence-corrected chi connectivity index (χ0v) is 14.7. The number of rotatable bonds is 4. The normalized spacial score (nSPS) is 13.1. The fraction of sp³-hybridized carbons (Fsp3) is 0.238. The number of hydrogen-bond donors (Lipinski definition) is 1. The fourth-order valence-corrected chi connectivity index (χ4v) is 3.25. The lowest BCUT2D eigenvalue weighted by Crippen LogP contribution is -2.36. The van der Waals surface area contributed by atoms with Crippen molar-refractivity contribution in [2.24, 2.45) is 0 Å². The van der Waals surface area contributed by atoms with Gasteiger partial charge in [0.1, 0.15) is 5.82 Å². The lowest BCUT2D eigenvalue weighted by Gasteiger charge is -2.31. The Hall–Kier alpha value is -2.95. The second-order valence-electron chi connectivity index (χ2n) is 6.37. The summed E-state index contributed by atoms with van der Waals surface area (Å²) in [5.74, 6) is -0.634. The number of nitrogens with one attached hydrogen (secondary N) is 1. The highest BCUT2D eigenvalue weighted by molar-refractivity contribution is 6.07. The van der Waals surface area contributed by atoms with Gasteiger partial charge in [0.15, 0.2) is 0 Å². The van der Waals surface area contributed by atoms with Crippen LogP contribution in [0.15, 0.2) is 49.1 Å². The van der Waals surface area contributed by atoms with Crippen LogP contribution < -0.4 is 10.2 Å². The third-order valence-electron chi connectivity index (χ3n) is 4.60. The molecule has 2 aromatic carbocycles. The molecular formula is C21H21FN2O2. The molecule has 1 aliphatic heterocycles. The number of aryl methyl sites for hydroxylation is 1. The number of amides is 2. The van der Waals surface area contributed by atoms with E-state index in [0.29, 0.717) is 36.3 Å². The Morgan fingerprint density at radius 1 is 1.23 bits per heavy atom. The third-order valence-corrected chi connectivity index (χ3v) is 4.60. The van der Waals surface area contributed by atoms with Crippen molar-refractivity contribution in [1.29, 1.82) is 0 Å². The molecule has 1 N–H and O–H groups in total. The summed E-state index contributed by atoms with van der Waals surface area (Å²) in [6.07, 6.45) is 2.60. The van der Waals surface area contributed by atoms with E-state index in [4.69, 9.17) is 0 Å². The molecular weight excluding hydrogens is 331 g/mol. The van der Waals surface area contributed by atoms with Crippen LogP contribution in [0, 0.1) is 12.7 Å². The Labute approximate surface area is 152 Å². The smallest absolute Gasteiger partial charge is 0.258 e. The summed E-state index contributed by atoms with van der Waals surface area (Å²) in [7, 11) is 0. The molecule has 0 atom stereocenters. The monoisotopic (exact) mass is 352 g/mol.